The first-order valence-corrected chi connectivity index (χ1v) is 3.50. The molecule has 11 heavy (non-hydrogen) atoms. The van der Waals surface area contributed by atoms with E-state index in [0.717, 1.165) is 12.1 Å². The van der Waals surface area contributed by atoms with Crippen LogP contribution < -0.4 is 5.73 Å². The van der Waals surface area contributed by atoms with Crippen LogP contribution in [-0.2, 0) is 6.42 Å². The van der Waals surface area contributed by atoms with E-state index in [1.165, 1.54) is 5.56 Å². The van der Waals surface area contributed by atoms with Gasteiger partial charge in [-0.2, -0.15) is 0 Å². The van der Waals surface area contributed by atoms with Crippen LogP contribution in [0.25, 0.3) is 4.85 Å². The summed E-state index contributed by atoms with van der Waals surface area (Å²) in [5.41, 5.74) is 7.45. The van der Waals surface area contributed by atoms with Crippen LogP contribution >= 0.6 is 0 Å². The lowest BCUT2D eigenvalue weighted by molar-refractivity contribution is 1.08. The monoisotopic (exact) mass is 146 g/mol. The Morgan fingerprint density at radius 1 is 1.27 bits per heavy atom. The zero-order valence-corrected chi connectivity index (χ0v) is 6.25. The van der Waals surface area contributed by atoms with Gasteiger partial charge in [-0.3, -0.25) is 0 Å². The summed E-state index contributed by atoms with van der Waals surface area (Å²) >= 11 is 0. The Labute approximate surface area is 66.5 Å². The number of nitrogens with two attached hydrogens (primary N) is 1. The van der Waals surface area contributed by atoms with Crippen molar-refractivity contribution in [1.29, 1.82) is 0 Å². The fourth-order valence-corrected chi connectivity index (χ4v) is 0.869. The predicted molar refractivity (Wildman–Crippen MR) is 46.0 cm³/mol. The van der Waals surface area contributed by atoms with Gasteiger partial charge in [-0.1, -0.05) is 12.1 Å². The van der Waals surface area contributed by atoms with Crippen molar-refractivity contribution < 1.29 is 0 Å². The summed E-state index contributed by atoms with van der Waals surface area (Å²) in [5.74, 6) is 0. The molecule has 0 atom stereocenters. The Kier molecular flexibility index (Phi) is 2.51. The number of hydrogen-bond acceptors (Lipinski definition) is 1. The minimum absolute atomic E-state index is 0.559. The molecule has 2 heteroatoms. The summed E-state index contributed by atoms with van der Waals surface area (Å²) < 4.78 is 0. The maximum absolute atomic E-state index is 6.59. The zero-order valence-electron chi connectivity index (χ0n) is 6.25. The zero-order chi connectivity index (χ0) is 8.10. The van der Waals surface area contributed by atoms with Crippen molar-refractivity contribution in [2.75, 3.05) is 12.3 Å². The SMILES string of the molecule is [C-]#[N+]CCc1ccc(N)cc1. The maximum Gasteiger partial charge on any atom is 0.218 e. The summed E-state index contributed by atoms with van der Waals surface area (Å²) in [7, 11) is 0. The highest BCUT2D eigenvalue weighted by molar-refractivity contribution is 5.39. The average Bonchev–Trinajstić information content (AvgIpc) is 2.04. The number of rotatable bonds is 2. The molecule has 0 heterocycles. The molecule has 0 saturated heterocycles. The molecule has 0 aliphatic carbocycles. The van der Waals surface area contributed by atoms with Crippen molar-refractivity contribution >= 4 is 5.69 Å². The van der Waals surface area contributed by atoms with Gasteiger partial charge in [0, 0.05) is 12.1 Å². The molecular formula is C9H10N2. The van der Waals surface area contributed by atoms with Crippen LogP contribution in [0.1, 0.15) is 5.56 Å². The van der Waals surface area contributed by atoms with Crippen molar-refractivity contribution in [3.05, 3.63) is 41.2 Å². The third-order valence-corrected chi connectivity index (χ3v) is 1.49. The van der Waals surface area contributed by atoms with Crippen molar-refractivity contribution in [3.63, 3.8) is 0 Å². The van der Waals surface area contributed by atoms with E-state index in [2.05, 4.69) is 4.85 Å². The molecule has 0 bridgehead atoms. The molecule has 0 saturated carbocycles. The first-order chi connectivity index (χ1) is 5.33. The molecule has 0 aliphatic rings. The van der Waals surface area contributed by atoms with Crippen LogP contribution in [0.15, 0.2) is 24.3 Å². The Hall–Kier alpha value is -1.49. The quantitative estimate of drug-likeness (QED) is 0.500. The molecule has 0 fully saturated rings. The summed E-state index contributed by atoms with van der Waals surface area (Å²) in [4.78, 5) is 3.27. The highest BCUT2D eigenvalue weighted by atomic mass is 14.6. The van der Waals surface area contributed by atoms with Crippen LogP contribution in [0.3, 0.4) is 0 Å². The van der Waals surface area contributed by atoms with Gasteiger partial charge < -0.3 is 10.6 Å². The number of nitrogen functional groups attached to an aromatic ring is 1. The fourth-order valence-electron chi connectivity index (χ4n) is 0.869. The molecule has 0 radical (unpaired) electrons. The van der Waals surface area contributed by atoms with Gasteiger partial charge in [-0.05, 0) is 17.7 Å². The Balaban J connectivity index is 2.60. The molecule has 0 unspecified atom stereocenters. The highest BCUT2D eigenvalue weighted by Crippen LogP contribution is 2.05. The fraction of sp³-hybridized carbons (Fsp3) is 0.222. The molecule has 1 aromatic rings. The maximum atomic E-state index is 6.59. The van der Waals surface area contributed by atoms with E-state index < -0.39 is 0 Å². The first kappa shape index (κ1) is 7.62. The van der Waals surface area contributed by atoms with Crippen LogP contribution in [0.2, 0.25) is 0 Å². The smallest absolute Gasteiger partial charge is 0.218 e. The van der Waals surface area contributed by atoms with E-state index in [4.69, 9.17) is 12.3 Å². The van der Waals surface area contributed by atoms with E-state index in [1.54, 1.807) is 0 Å². The van der Waals surface area contributed by atoms with E-state index in [9.17, 15) is 0 Å². The second-order valence-corrected chi connectivity index (χ2v) is 2.37. The van der Waals surface area contributed by atoms with E-state index in [1.807, 2.05) is 24.3 Å². The van der Waals surface area contributed by atoms with Gasteiger partial charge in [0.1, 0.15) is 0 Å². The lowest BCUT2D eigenvalue weighted by atomic mass is 10.1. The third-order valence-electron chi connectivity index (χ3n) is 1.49. The van der Waals surface area contributed by atoms with Crippen LogP contribution in [-0.4, -0.2) is 6.54 Å². The molecule has 0 aliphatic heterocycles. The van der Waals surface area contributed by atoms with Crippen LogP contribution in [0.5, 0.6) is 0 Å². The first-order valence-electron chi connectivity index (χ1n) is 3.50. The van der Waals surface area contributed by atoms with Gasteiger partial charge in [0.25, 0.3) is 0 Å². The number of nitrogens with zero attached hydrogens (tertiary/aromatic N) is 1. The second-order valence-electron chi connectivity index (χ2n) is 2.37. The van der Waals surface area contributed by atoms with Gasteiger partial charge in [0.05, 0.1) is 0 Å². The van der Waals surface area contributed by atoms with Crippen molar-refractivity contribution in [2.24, 2.45) is 0 Å². The summed E-state index contributed by atoms with van der Waals surface area (Å²) in [6.45, 7) is 7.15. The topological polar surface area (TPSA) is 30.4 Å². The lowest BCUT2D eigenvalue weighted by Crippen LogP contribution is -1.88. The lowest BCUT2D eigenvalue weighted by Gasteiger charge is -1.95. The minimum Gasteiger partial charge on any atom is -0.399 e. The molecule has 56 valence electrons. The normalized spacial score (nSPS) is 9.00. The predicted octanol–water partition coefficient (Wildman–Crippen LogP) is 1.73. The molecule has 1 rings (SSSR count). The van der Waals surface area contributed by atoms with E-state index in [-0.39, 0.29) is 0 Å². The Bertz CT molecular complexity index is 256. The van der Waals surface area contributed by atoms with E-state index >= 15 is 0 Å². The van der Waals surface area contributed by atoms with Gasteiger partial charge >= 0.3 is 0 Å². The van der Waals surface area contributed by atoms with Gasteiger partial charge in [0.15, 0.2) is 0 Å². The molecule has 2 nitrogen and oxygen atoms in total. The molecule has 0 aromatic heterocycles. The minimum atomic E-state index is 0.559. The van der Waals surface area contributed by atoms with Crippen LogP contribution in [0, 0.1) is 6.57 Å². The number of hydrogen-bond donors (Lipinski definition) is 1. The van der Waals surface area contributed by atoms with E-state index in [0.29, 0.717) is 6.54 Å². The largest absolute Gasteiger partial charge is 0.399 e. The van der Waals surface area contributed by atoms with Crippen molar-refractivity contribution in [1.82, 2.24) is 0 Å². The summed E-state index contributed by atoms with van der Waals surface area (Å²) in [6.07, 6.45) is 0.823. The van der Waals surface area contributed by atoms with Gasteiger partial charge in [-0.25, -0.2) is 6.57 Å². The third kappa shape index (κ3) is 2.30. The molecular weight excluding hydrogens is 136 g/mol. The molecule has 0 spiro atoms. The van der Waals surface area contributed by atoms with Crippen molar-refractivity contribution in [3.8, 4) is 0 Å². The number of benzene rings is 1. The van der Waals surface area contributed by atoms with Gasteiger partial charge in [0.2, 0.25) is 6.54 Å². The Morgan fingerprint density at radius 3 is 2.45 bits per heavy atom. The standard InChI is InChI=1S/C9H10N2/c1-11-7-6-8-2-4-9(10)5-3-8/h2-5H,6-7,10H2. The molecule has 2 N–H and O–H groups in total. The molecule has 0 amide bonds. The molecule has 1 aromatic carbocycles. The highest BCUT2D eigenvalue weighted by Gasteiger charge is 1.92. The summed E-state index contributed by atoms with van der Waals surface area (Å²) in [5, 5.41) is 0. The van der Waals surface area contributed by atoms with Crippen LogP contribution in [0.4, 0.5) is 5.69 Å². The second kappa shape index (κ2) is 3.62. The summed E-state index contributed by atoms with van der Waals surface area (Å²) in [6, 6.07) is 7.64. The Morgan fingerprint density at radius 2 is 1.91 bits per heavy atom. The average molecular weight is 146 g/mol. The van der Waals surface area contributed by atoms with Crippen molar-refractivity contribution in [2.45, 2.75) is 6.42 Å². The number of anilines is 1. The van der Waals surface area contributed by atoms with Gasteiger partial charge in [-0.15, -0.1) is 0 Å².